The predicted molar refractivity (Wildman–Crippen MR) is 152 cm³/mol. The number of para-hydroxylation sites is 1. The van der Waals surface area contributed by atoms with E-state index in [1.54, 1.807) is 12.1 Å². The average molecular weight is 534 g/mol. The zero-order valence-corrected chi connectivity index (χ0v) is 21.6. The van der Waals surface area contributed by atoms with Gasteiger partial charge < -0.3 is 9.80 Å². The molecule has 1 aromatic heterocycles. The van der Waals surface area contributed by atoms with Gasteiger partial charge >= 0.3 is 0 Å². The fourth-order valence-electron chi connectivity index (χ4n) is 5.39. The molecule has 0 radical (unpaired) electrons. The van der Waals surface area contributed by atoms with E-state index in [2.05, 4.69) is 15.3 Å². The van der Waals surface area contributed by atoms with E-state index in [1.807, 2.05) is 77.7 Å². The van der Waals surface area contributed by atoms with Gasteiger partial charge in [-0.2, -0.15) is 5.01 Å². The van der Waals surface area contributed by atoms with Gasteiger partial charge in [0, 0.05) is 48.2 Å². The van der Waals surface area contributed by atoms with Crippen LogP contribution in [0.15, 0.2) is 84.9 Å². The van der Waals surface area contributed by atoms with Crippen LogP contribution in [0.5, 0.6) is 0 Å². The molecule has 3 amide bonds. The average Bonchev–Trinajstić information content (AvgIpc) is 3.41. The molecule has 8 nitrogen and oxygen atoms in total. The third-order valence-corrected chi connectivity index (χ3v) is 8.26. The molecule has 4 aromatic carbocycles. The fourth-order valence-corrected chi connectivity index (χ4v) is 6.24. The van der Waals surface area contributed by atoms with Gasteiger partial charge in [0.1, 0.15) is 0 Å². The molecule has 1 N–H and O–H groups in total. The number of aromatic nitrogens is 1. The van der Waals surface area contributed by atoms with E-state index in [1.165, 1.54) is 11.3 Å². The quantitative estimate of drug-likeness (QED) is 0.326. The van der Waals surface area contributed by atoms with Crippen molar-refractivity contribution in [3.63, 3.8) is 0 Å². The second kappa shape index (κ2) is 9.21. The van der Waals surface area contributed by atoms with Gasteiger partial charge in [0.05, 0.1) is 21.3 Å². The van der Waals surface area contributed by atoms with E-state index in [-0.39, 0.29) is 5.91 Å². The lowest BCUT2D eigenvalue weighted by Crippen LogP contribution is -2.49. The maximum absolute atomic E-state index is 13.5. The Labute approximate surface area is 228 Å². The molecule has 192 valence electrons. The van der Waals surface area contributed by atoms with Crippen LogP contribution in [-0.4, -0.2) is 58.8 Å². The lowest BCUT2D eigenvalue weighted by Gasteiger charge is -2.37. The number of hydrogen-bond acceptors (Lipinski definition) is 7. The number of thiazole rings is 1. The molecular formula is C30H23N5O3S. The maximum atomic E-state index is 13.5. The Morgan fingerprint density at radius 3 is 2.26 bits per heavy atom. The number of carbonyl (C=O) groups is 3. The van der Waals surface area contributed by atoms with Crippen LogP contribution in [0.3, 0.4) is 0 Å². The molecule has 0 aliphatic carbocycles. The molecular weight excluding hydrogens is 510 g/mol. The van der Waals surface area contributed by atoms with Crippen molar-refractivity contribution < 1.29 is 14.4 Å². The van der Waals surface area contributed by atoms with E-state index in [4.69, 9.17) is 0 Å². The molecule has 1 fully saturated rings. The third kappa shape index (κ3) is 3.90. The SMILES string of the molecule is O=C(c1ccccc1)N1CCN(c2ccc3c4c(cccc24)C(=O)N(Nc2nc4ccccc4s2)C3=O)CC1. The van der Waals surface area contributed by atoms with E-state index < -0.39 is 11.8 Å². The second-order valence-electron chi connectivity index (χ2n) is 9.55. The molecule has 7 rings (SSSR count). The summed E-state index contributed by atoms with van der Waals surface area (Å²) in [6, 6.07) is 26.3. The molecule has 0 spiro atoms. The van der Waals surface area contributed by atoms with Crippen LogP contribution in [0.25, 0.3) is 21.0 Å². The van der Waals surface area contributed by atoms with Gasteiger partial charge in [-0.05, 0) is 42.5 Å². The first-order chi connectivity index (χ1) is 19.1. The Bertz CT molecular complexity index is 1720. The summed E-state index contributed by atoms with van der Waals surface area (Å²) in [5, 5.41) is 3.06. The first kappa shape index (κ1) is 23.4. The Morgan fingerprint density at radius 1 is 0.769 bits per heavy atom. The number of imide groups is 1. The van der Waals surface area contributed by atoms with Crippen LogP contribution < -0.4 is 10.3 Å². The minimum absolute atomic E-state index is 0.0315. The highest BCUT2D eigenvalue weighted by Crippen LogP contribution is 2.37. The maximum Gasteiger partial charge on any atom is 0.280 e. The predicted octanol–water partition coefficient (Wildman–Crippen LogP) is 5.04. The van der Waals surface area contributed by atoms with Crippen LogP contribution in [-0.2, 0) is 0 Å². The summed E-state index contributed by atoms with van der Waals surface area (Å²) in [6.07, 6.45) is 0. The molecule has 0 bridgehead atoms. The van der Waals surface area contributed by atoms with Crippen LogP contribution in [0, 0.1) is 0 Å². The van der Waals surface area contributed by atoms with Gasteiger partial charge in [-0.1, -0.05) is 53.8 Å². The van der Waals surface area contributed by atoms with Crippen molar-refractivity contribution in [1.29, 1.82) is 0 Å². The Kier molecular flexibility index (Phi) is 5.52. The fraction of sp³-hybridized carbons (Fsp3) is 0.133. The van der Waals surface area contributed by atoms with Crippen molar-refractivity contribution in [2.75, 3.05) is 36.5 Å². The highest BCUT2D eigenvalue weighted by atomic mass is 32.1. The summed E-state index contributed by atoms with van der Waals surface area (Å²) < 4.78 is 0.967. The zero-order valence-electron chi connectivity index (χ0n) is 20.8. The van der Waals surface area contributed by atoms with Crippen molar-refractivity contribution in [2.45, 2.75) is 0 Å². The lowest BCUT2D eigenvalue weighted by molar-refractivity contribution is 0.0647. The highest BCUT2D eigenvalue weighted by molar-refractivity contribution is 7.22. The van der Waals surface area contributed by atoms with E-state index in [0.717, 1.165) is 26.3 Å². The topological polar surface area (TPSA) is 85.8 Å². The molecule has 1 saturated heterocycles. The molecule has 2 aliphatic rings. The summed E-state index contributed by atoms with van der Waals surface area (Å²) in [6.45, 7) is 2.50. The standard InChI is InChI=1S/C30H23N5O3S/c36-27(19-7-2-1-3-8-19)34-17-15-33(16-18-34)24-14-13-22-26-20(24)9-6-10-21(26)28(37)35(29(22)38)32-30-31-23-11-4-5-12-25(23)39-30/h1-14H,15-18H2,(H,31,32). The number of nitrogens with one attached hydrogen (secondary N) is 1. The van der Waals surface area contributed by atoms with Crippen molar-refractivity contribution in [2.24, 2.45) is 0 Å². The lowest BCUT2D eigenvalue weighted by atomic mass is 9.93. The minimum Gasteiger partial charge on any atom is -0.367 e. The summed E-state index contributed by atoms with van der Waals surface area (Å²) in [5.74, 6) is -0.787. The first-order valence-corrected chi connectivity index (χ1v) is 13.6. The molecule has 5 aromatic rings. The van der Waals surface area contributed by atoms with Crippen molar-refractivity contribution in [3.05, 3.63) is 102 Å². The van der Waals surface area contributed by atoms with Gasteiger partial charge in [0.25, 0.3) is 17.7 Å². The van der Waals surface area contributed by atoms with Gasteiger partial charge in [-0.3, -0.25) is 19.8 Å². The number of benzene rings is 4. The Morgan fingerprint density at radius 2 is 1.49 bits per heavy atom. The summed E-state index contributed by atoms with van der Waals surface area (Å²) in [4.78, 5) is 48.6. The molecule has 0 unspecified atom stereocenters. The Hall–Kier alpha value is -4.76. The number of nitrogens with zero attached hydrogens (tertiary/aromatic N) is 4. The van der Waals surface area contributed by atoms with Crippen LogP contribution in [0.1, 0.15) is 31.1 Å². The van der Waals surface area contributed by atoms with Crippen LogP contribution in [0.2, 0.25) is 0 Å². The number of amides is 3. The number of carbonyl (C=O) groups excluding carboxylic acids is 3. The normalized spacial score (nSPS) is 15.3. The van der Waals surface area contributed by atoms with E-state index in [9.17, 15) is 14.4 Å². The molecule has 0 saturated carbocycles. The first-order valence-electron chi connectivity index (χ1n) is 12.7. The van der Waals surface area contributed by atoms with Gasteiger partial charge in [-0.25, -0.2) is 4.98 Å². The number of piperazine rings is 1. The summed E-state index contributed by atoms with van der Waals surface area (Å²) in [5.41, 5.74) is 6.34. The van der Waals surface area contributed by atoms with Crippen molar-refractivity contribution in [3.8, 4) is 0 Å². The zero-order chi connectivity index (χ0) is 26.5. The molecule has 3 heterocycles. The highest BCUT2D eigenvalue weighted by Gasteiger charge is 2.35. The largest absolute Gasteiger partial charge is 0.367 e. The van der Waals surface area contributed by atoms with Gasteiger partial charge in [0.15, 0.2) is 0 Å². The van der Waals surface area contributed by atoms with Crippen LogP contribution >= 0.6 is 11.3 Å². The van der Waals surface area contributed by atoms with E-state index in [0.29, 0.717) is 53.4 Å². The molecule has 39 heavy (non-hydrogen) atoms. The van der Waals surface area contributed by atoms with Crippen molar-refractivity contribution in [1.82, 2.24) is 14.9 Å². The van der Waals surface area contributed by atoms with Gasteiger partial charge in [0.2, 0.25) is 5.13 Å². The monoisotopic (exact) mass is 533 g/mol. The molecule has 0 atom stereocenters. The number of hydrogen-bond donors (Lipinski definition) is 1. The number of fused-ring (bicyclic) bond motifs is 1. The molecule has 9 heteroatoms. The Balaban J connectivity index is 1.16. The summed E-state index contributed by atoms with van der Waals surface area (Å²) >= 11 is 1.39. The third-order valence-electron chi connectivity index (χ3n) is 7.31. The number of rotatable bonds is 4. The van der Waals surface area contributed by atoms with E-state index >= 15 is 0 Å². The second-order valence-corrected chi connectivity index (χ2v) is 10.6. The minimum atomic E-state index is -0.409. The number of anilines is 2. The van der Waals surface area contributed by atoms with Gasteiger partial charge in [-0.15, -0.1) is 0 Å². The molecule has 2 aliphatic heterocycles. The van der Waals surface area contributed by atoms with Crippen LogP contribution in [0.4, 0.5) is 10.8 Å². The van der Waals surface area contributed by atoms with Crippen molar-refractivity contribution >= 4 is 60.9 Å². The number of hydrazine groups is 1. The summed E-state index contributed by atoms with van der Waals surface area (Å²) in [7, 11) is 0. The smallest absolute Gasteiger partial charge is 0.280 e.